The highest BCUT2D eigenvalue weighted by Gasteiger charge is 2.12. The summed E-state index contributed by atoms with van der Waals surface area (Å²) < 4.78 is 12.8. The molecule has 24 heavy (non-hydrogen) atoms. The van der Waals surface area contributed by atoms with Gasteiger partial charge in [0.1, 0.15) is 5.82 Å². The lowest BCUT2D eigenvalue weighted by Gasteiger charge is -2.19. The first-order valence-corrected chi connectivity index (χ1v) is 7.74. The van der Waals surface area contributed by atoms with Gasteiger partial charge < -0.3 is 10.6 Å². The predicted octanol–water partition coefficient (Wildman–Crippen LogP) is 4.30. The topological polar surface area (TPSA) is 41.1 Å². The Balaban J connectivity index is 1.82. The van der Waals surface area contributed by atoms with Gasteiger partial charge in [0.25, 0.3) is 0 Å². The van der Waals surface area contributed by atoms with Gasteiger partial charge in [0.15, 0.2) is 0 Å². The Bertz CT molecular complexity index is 747. The Kier molecular flexibility index (Phi) is 5.59. The number of hydrogen-bond acceptors (Lipinski definition) is 1. The molecule has 0 aromatic heterocycles. The number of hydrogen-bond donors (Lipinski definition) is 2. The summed E-state index contributed by atoms with van der Waals surface area (Å²) in [7, 11) is 0. The van der Waals surface area contributed by atoms with E-state index < -0.39 is 0 Å². The molecule has 4 heteroatoms. The summed E-state index contributed by atoms with van der Waals surface area (Å²) in [5.74, 6) is 5.38. The van der Waals surface area contributed by atoms with E-state index in [4.69, 9.17) is 0 Å². The lowest BCUT2D eigenvalue weighted by Crippen LogP contribution is -2.28. The molecule has 0 saturated carbocycles. The third-order valence-electron chi connectivity index (χ3n) is 3.42. The van der Waals surface area contributed by atoms with Crippen LogP contribution in [0.5, 0.6) is 0 Å². The molecule has 0 atom stereocenters. The van der Waals surface area contributed by atoms with Gasteiger partial charge in [-0.05, 0) is 47.4 Å². The van der Waals surface area contributed by atoms with Gasteiger partial charge in [0.2, 0.25) is 0 Å². The van der Waals surface area contributed by atoms with Gasteiger partial charge in [0.05, 0.1) is 6.54 Å². The molecule has 0 saturated heterocycles. The number of urea groups is 1. The van der Waals surface area contributed by atoms with Crippen molar-refractivity contribution in [2.24, 2.45) is 0 Å². The van der Waals surface area contributed by atoms with Crippen molar-refractivity contribution in [2.75, 3.05) is 11.9 Å². The zero-order valence-corrected chi connectivity index (χ0v) is 14.1. The summed E-state index contributed by atoms with van der Waals surface area (Å²) in [4.78, 5) is 11.8. The summed E-state index contributed by atoms with van der Waals surface area (Å²) in [6.45, 7) is 6.63. The third-order valence-corrected chi connectivity index (χ3v) is 3.42. The lowest BCUT2D eigenvalue weighted by molar-refractivity contribution is 0.253. The van der Waals surface area contributed by atoms with Gasteiger partial charge >= 0.3 is 6.03 Å². The molecule has 2 aromatic carbocycles. The van der Waals surface area contributed by atoms with E-state index in [1.54, 1.807) is 12.1 Å². The second-order valence-corrected chi connectivity index (χ2v) is 6.44. The van der Waals surface area contributed by atoms with Crippen LogP contribution in [0.25, 0.3) is 0 Å². The first-order chi connectivity index (χ1) is 11.3. The Labute approximate surface area is 142 Å². The van der Waals surface area contributed by atoms with E-state index in [0.717, 1.165) is 5.69 Å². The first kappa shape index (κ1) is 17.6. The maximum Gasteiger partial charge on any atom is 0.319 e. The summed E-state index contributed by atoms with van der Waals surface area (Å²) in [5, 5.41) is 5.42. The summed E-state index contributed by atoms with van der Waals surface area (Å²) in [6.07, 6.45) is 0. The zero-order valence-electron chi connectivity index (χ0n) is 14.1. The second kappa shape index (κ2) is 7.65. The largest absolute Gasteiger partial charge is 0.327 e. The molecule has 2 aromatic rings. The molecular formula is C20H21FN2O. The minimum Gasteiger partial charge on any atom is -0.327 e. The molecule has 0 aliphatic heterocycles. The van der Waals surface area contributed by atoms with Crippen LogP contribution in [0.1, 0.15) is 31.9 Å². The van der Waals surface area contributed by atoms with E-state index in [1.165, 1.54) is 17.7 Å². The van der Waals surface area contributed by atoms with Crippen molar-refractivity contribution in [1.82, 2.24) is 5.32 Å². The summed E-state index contributed by atoms with van der Waals surface area (Å²) in [5.41, 5.74) is 2.72. The maximum absolute atomic E-state index is 12.8. The number of halogens is 1. The number of anilines is 1. The van der Waals surface area contributed by atoms with Gasteiger partial charge in [0, 0.05) is 11.3 Å². The molecular weight excluding hydrogens is 303 g/mol. The monoisotopic (exact) mass is 324 g/mol. The number of amides is 2. The SMILES string of the molecule is CC(C)(C)c1ccc(NC(=O)NCC#Cc2ccc(F)cc2)cc1. The standard InChI is InChI=1S/C20H21FN2O/c1-20(2,3)16-8-12-18(13-9-16)23-19(24)22-14-4-5-15-6-10-17(21)11-7-15/h6-13H,14H2,1-3H3,(H2,22,23,24). The van der Waals surface area contributed by atoms with E-state index in [1.807, 2.05) is 24.3 Å². The molecule has 0 bridgehead atoms. The number of nitrogens with one attached hydrogen (secondary N) is 2. The van der Waals surface area contributed by atoms with Crippen molar-refractivity contribution < 1.29 is 9.18 Å². The molecule has 2 rings (SSSR count). The van der Waals surface area contributed by atoms with E-state index in [-0.39, 0.29) is 23.8 Å². The molecule has 0 fully saturated rings. The van der Waals surface area contributed by atoms with Gasteiger partial charge in [-0.2, -0.15) is 0 Å². The van der Waals surface area contributed by atoms with Crippen LogP contribution >= 0.6 is 0 Å². The highest BCUT2D eigenvalue weighted by atomic mass is 19.1. The molecule has 0 unspecified atom stereocenters. The second-order valence-electron chi connectivity index (χ2n) is 6.44. The summed E-state index contributed by atoms with van der Waals surface area (Å²) in [6, 6.07) is 13.4. The van der Waals surface area contributed by atoms with Crippen LogP contribution in [-0.4, -0.2) is 12.6 Å². The van der Waals surface area contributed by atoms with E-state index in [9.17, 15) is 9.18 Å². The molecule has 0 spiro atoms. The van der Waals surface area contributed by atoms with Crippen LogP contribution in [0.15, 0.2) is 48.5 Å². The minimum absolute atomic E-state index is 0.0801. The van der Waals surface area contributed by atoms with Gasteiger partial charge in [-0.3, -0.25) is 0 Å². The first-order valence-electron chi connectivity index (χ1n) is 7.74. The average Bonchev–Trinajstić information content (AvgIpc) is 2.53. The molecule has 0 aliphatic carbocycles. The average molecular weight is 324 g/mol. The van der Waals surface area contributed by atoms with E-state index in [0.29, 0.717) is 5.56 Å². The van der Waals surface area contributed by atoms with Crippen molar-refractivity contribution in [3.8, 4) is 11.8 Å². The third kappa shape index (κ3) is 5.44. The molecule has 0 aliphatic rings. The fourth-order valence-electron chi connectivity index (χ4n) is 2.03. The van der Waals surface area contributed by atoms with E-state index >= 15 is 0 Å². The number of carbonyl (C=O) groups is 1. The quantitative estimate of drug-likeness (QED) is 0.795. The highest BCUT2D eigenvalue weighted by Crippen LogP contribution is 2.23. The molecule has 0 heterocycles. The van der Waals surface area contributed by atoms with Crippen LogP contribution in [0, 0.1) is 17.7 Å². The Morgan fingerprint density at radius 3 is 2.25 bits per heavy atom. The van der Waals surface area contributed by atoms with Crippen LogP contribution < -0.4 is 10.6 Å². The van der Waals surface area contributed by atoms with Crippen LogP contribution in [0.2, 0.25) is 0 Å². The van der Waals surface area contributed by atoms with Crippen molar-refractivity contribution in [2.45, 2.75) is 26.2 Å². The molecule has 2 N–H and O–H groups in total. The number of carbonyl (C=O) groups excluding carboxylic acids is 1. The van der Waals surface area contributed by atoms with Crippen molar-refractivity contribution in [3.63, 3.8) is 0 Å². The molecule has 0 radical (unpaired) electrons. The Hall–Kier alpha value is -2.80. The van der Waals surface area contributed by atoms with Crippen LogP contribution in [-0.2, 0) is 5.41 Å². The van der Waals surface area contributed by atoms with Crippen molar-refractivity contribution in [3.05, 3.63) is 65.5 Å². The molecule has 3 nitrogen and oxygen atoms in total. The fraction of sp³-hybridized carbons (Fsp3) is 0.250. The maximum atomic E-state index is 12.8. The van der Waals surface area contributed by atoms with E-state index in [2.05, 4.69) is 43.2 Å². The minimum atomic E-state index is -0.313. The lowest BCUT2D eigenvalue weighted by atomic mass is 9.87. The zero-order chi connectivity index (χ0) is 17.6. The summed E-state index contributed by atoms with van der Waals surface area (Å²) >= 11 is 0. The normalized spacial score (nSPS) is 10.5. The number of benzene rings is 2. The molecule has 124 valence electrons. The van der Waals surface area contributed by atoms with Gasteiger partial charge in [-0.15, -0.1) is 0 Å². The van der Waals surface area contributed by atoms with Gasteiger partial charge in [-0.1, -0.05) is 44.7 Å². The smallest absolute Gasteiger partial charge is 0.319 e. The Morgan fingerprint density at radius 1 is 1.04 bits per heavy atom. The molecule has 2 amide bonds. The highest BCUT2D eigenvalue weighted by molar-refractivity contribution is 5.89. The van der Waals surface area contributed by atoms with Crippen LogP contribution in [0.4, 0.5) is 14.9 Å². The van der Waals surface area contributed by atoms with Crippen molar-refractivity contribution in [1.29, 1.82) is 0 Å². The predicted molar refractivity (Wildman–Crippen MR) is 95.4 cm³/mol. The Morgan fingerprint density at radius 2 is 1.67 bits per heavy atom. The van der Waals surface area contributed by atoms with Crippen molar-refractivity contribution >= 4 is 11.7 Å². The van der Waals surface area contributed by atoms with Crippen LogP contribution in [0.3, 0.4) is 0 Å². The fourth-order valence-corrected chi connectivity index (χ4v) is 2.03. The van der Waals surface area contributed by atoms with Gasteiger partial charge in [-0.25, -0.2) is 9.18 Å². The number of rotatable bonds is 2.